The number of nitrogens with zero attached hydrogens (tertiary/aromatic N) is 4. The van der Waals surface area contributed by atoms with E-state index in [4.69, 9.17) is 10.4 Å². The van der Waals surface area contributed by atoms with Crippen LogP contribution in [0.15, 0.2) is 0 Å². The Morgan fingerprint density at radius 2 is 2.06 bits per heavy atom. The molecule has 1 rings (SSSR count). The number of alkyl halides is 3. The molecule has 0 bridgehead atoms. The van der Waals surface area contributed by atoms with Crippen LogP contribution in [0.2, 0.25) is 0 Å². The van der Waals surface area contributed by atoms with E-state index in [0.717, 1.165) is 4.68 Å². The van der Waals surface area contributed by atoms with Crippen molar-refractivity contribution in [2.24, 2.45) is 0 Å². The predicted octanol–water partition coefficient (Wildman–Crippen LogP) is 1.14. The molecule has 0 aliphatic rings. The van der Waals surface area contributed by atoms with Crippen LogP contribution >= 0.6 is 0 Å². The molecule has 0 aromatic carbocycles. The summed E-state index contributed by atoms with van der Waals surface area (Å²) >= 11 is 0. The fourth-order valence-corrected chi connectivity index (χ4v) is 1.38. The summed E-state index contributed by atoms with van der Waals surface area (Å²) in [5, 5.41) is 23.7. The number of aryl methyl sites for hydroxylation is 1. The van der Waals surface area contributed by atoms with E-state index in [2.05, 4.69) is 10.3 Å². The molecule has 0 amide bonds. The van der Waals surface area contributed by atoms with Crippen molar-refractivity contribution in [2.45, 2.75) is 32.0 Å². The first-order valence-electron chi connectivity index (χ1n) is 4.98. The van der Waals surface area contributed by atoms with E-state index in [1.165, 1.54) is 0 Å². The van der Waals surface area contributed by atoms with Gasteiger partial charge in [-0.25, -0.2) is 4.68 Å². The lowest BCUT2D eigenvalue weighted by atomic mass is 10.2. The number of hydrogen-bond acceptors (Lipinski definition) is 4. The normalized spacial score (nSPS) is 11.5. The summed E-state index contributed by atoms with van der Waals surface area (Å²) in [5.74, 6) is 0. The highest BCUT2D eigenvalue weighted by Crippen LogP contribution is 2.31. The van der Waals surface area contributed by atoms with Gasteiger partial charge in [-0.05, 0) is 12.8 Å². The minimum absolute atomic E-state index is 0.0217. The van der Waals surface area contributed by atoms with Crippen LogP contribution in [0.3, 0.4) is 0 Å². The SMILES string of the molecule is N#CCc1nnn(CCCCO)c1C(F)(F)F. The predicted molar refractivity (Wildman–Crippen MR) is 50.7 cm³/mol. The van der Waals surface area contributed by atoms with E-state index in [0.29, 0.717) is 12.8 Å². The summed E-state index contributed by atoms with van der Waals surface area (Å²) in [5.41, 5.74) is -1.33. The van der Waals surface area contributed by atoms with Gasteiger partial charge in [-0.3, -0.25) is 0 Å². The molecule has 0 atom stereocenters. The van der Waals surface area contributed by atoms with Crippen LogP contribution in [0.25, 0.3) is 0 Å². The number of nitriles is 1. The lowest BCUT2D eigenvalue weighted by Gasteiger charge is -2.09. The third-order valence-electron chi connectivity index (χ3n) is 2.10. The van der Waals surface area contributed by atoms with Crippen LogP contribution in [0.5, 0.6) is 0 Å². The lowest BCUT2D eigenvalue weighted by Crippen LogP contribution is -2.17. The molecule has 0 fully saturated rings. The summed E-state index contributed by atoms with van der Waals surface area (Å²) in [4.78, 5) is 0. The van der Waals surface area contributed by atoms with Crippen LogP contribution in [0.1, 0.15) is 24.2 Å². The summed E-state index contributed by atoms with van der Waals surface area (Å²) < 4.78 is 38.9. The molecule has 1 N–H and O–H groups in total. The Kier molecular flexibility index (Phi) is 4.45. The number of hydrogen-bond donors (Lipinski definition) is 1. The molecule has 1 aromatic heterocycles. The maximum absolute atomic E-state index is 12.7. The molecule has 1 heterocycles. The molecule has 17 heavy (non-hydrogen) atoms. The fraction of sp³-hybridized carbons (Fsp3) is 0.667. The third-order valence-corrected chi connectivity index (χ3v) is 2.10. The van der Waals surface area contributed by atoms with Gasteiger partial charge in [0.15, 0.2) is 5.69 Å². The first-order chi connectivity index (χ1) is 8.00. The van der Waals surface area contributed by atoms with Gasteiger partial charge in [0.05, 0.1) is 12.5 Å². The minimum Gasteiger partial charge on any atom is -0.396 e. The van der Waals surface area contributed by atoms with Crippen LogP contribution in [0, 0.1) is 11.3 Å². The van der Waals surface area contributed by atoms with Crippen molar-refractivity contribution in [1.29, 1.82) is 5.26 Å². The quantitative estimate of drug-likeness (QED) is 0.793. The first-order valence-corrected chi connectivity index (χ1v) is 4.98. The number of rotatable bonds is 5. The van der Waals surface area contributed by atoms with Gasteiger partial charge in [-0.2, -0.15) is 18.4 Å². The molecule has 0 saturated carbocycles. The first kappa shape index (κ1) is 13.4. The van der Waals surface area contributed by atoms with Gasteiger partial charge in [0, 0.05) is 13.2 Å². The molecule has 5 nitrogen and oxygen atoms in total. The monoisotopic (exact) mass is 248 g/mol. The minimum atomic E-state index is -4.57. The number of aliphatic hydroxyl groups excluding tert-OH is 1. The summed E-state index contributed by atoms with van der Waals surface area (Å²) in [6.07, 6.45) is -4.23. The van der Waals surface area contributed by atoms with Crippen LogP contribution in [-0.4, -0.2) is 26.7 Å². The van der Waals surface area contributed by atoms with Crippen molar-refractivity contribution >= 4 is 0 Å². The molecule has 0 saturated heterocycles. The Morgan fingerprint density at radius 1 is 1.35 bits per heavy atom. The van der Waals surface area contributed by atoms with Crippen LogP contribution < -0.4 is 0 Å². The Bertz CT molecular complexity index is 407. The second-order valence-electron chi connectivity index (χ2n) is 3.37. The maximum atomic E-state index is 12.7. The number of halogens is 3. The van der Waals surface area contributed by atoms with Gasteiger partial charge >= 0.3 is 6.18 Å². The molecule has 0 spiro atoms. The average molecular weight is 248 g/mol. The average Bonchev–Trinajstić information content (AvgIpc) is 2.62. The third kappa shape index (κ3) is 3.42. The zero-order valence-corrected chi connectivity index (χ0v) is 8.91. The maximum Gasteiger partial charge on any atom is 0.434 e. The fourth-order valence-electron chi connectivity index (χ4n) is 1.38. The highest BCUT2D eigenvalue weighted by molar-refractivity contribution is 5.17. The molecule has 8 heteroatoms. The topological polar surface area (TPSA) is 74.7 Å². The Hall–Kier alpha value is -1.62. The van der Waals surface area contributed by atoms with E-state index in [9.17, 15) is 13.2 Å². The van der Waals surface area contributed by atoms with Gasteiger partial charge in [-0.15, -0.1) is 5.10 Å². The second-order valence-corrected chi connectivity index (χ2v) is 3.37. The standard InChI is InChI=1S/C9H11F3N4O/c10-9(11,12)8-7(3-4-13)14-15-16(8)5-1-2-6-17/h17H,1-3,5-6H2. The van der Waals surface area contributed by atoms with Crippen molar-refractivity contribution in [3.05, 3.63) is 11.4 Å². The zero-order chi connectivity index (χ0) is 12.9. The van der Waals surface area contributed by atoms with E-state index >= 15 is 0 Å². The number of unbranched alkanes of at least 4 members (excludes halogenated alkanes) is 1. The van der Waals surface area contributed by atoms with Crippen molar-refractivity contribution < 1.29 is 18.3 Å². The summed E-state index contributed by atoms with van der Waals surface area (Å²) in [7, 11) is 0. The highest BCUT2D eigenvalue weighted by Gasteiger charge is 2.38. The number of aliphatic hydroxyl groups is 1. The highest BCUT2D eigenvalue weighted by atomic mass is 19.4. The van der Waals surface area contributed by atoms with Crippen LogP contribution in [-0.2, 0) is 19.1 Å². The van der Waals surface area contributed by atoms with Gasteiger partial charge < -0.3 is 5.11 Å². The Labute approximate surface area is 95.5 Å². The van der Waals surface area contributed by atoms with Crippen LogP contribution in [0.4, 0.5) is 13.2 Å². The van der Waals surface area contributed by atoms with Crippen molar-refractivity contribution in [2.75, 3.05) is 6.61 Å². The van der Waals surface area contributed by atoms with E-state index in [-0.39, 0.29) is 18.8 Å². The van der Waals surface area contributed by atoms with E-state index < -0.39 is 18.3 Å². The molecule has 0 unspecified atom stereocenters. The molecule has 1 aromatic rings. The zero-order valence-electron chi connectivity index (χ0n) is 8.91. The van der Waals surface area contributed by atoms with E-state index in [1.807, 2.05) is 0 Å². The molecular formula is C9H11F3N4O. The van der Waals surface area contributed by atoms with Gasteiger partial charge in [0.2, 0.25) is 0 Å². The molecule has 94 valence electrons. The smallest absolute Gasteiger partial charge is 0.396 e. The lowest BCUT2D eigenvalue weighted by molar-refractivity contribution is -0.144. The number of aromatic nitrogens is 3. The summed E-state index contributed by atoms with van der Waals surface area (Å²) in [6.45, 7) is -0.0606. The van der Waals surface area contributed by atoms with Gasteiger partial charge in [0.25, 0.3) is 0 Å². The van der Waals surface area contributed by atoms with Crippen molar-refractivity contribution in [1.82, 2.24) is 15.0 Å². The summed E-state index contributed by atoms with van der Waals surface area (Å²) in [6, 6.07) is 1.62. The van der Waals surface area contributed by atoms with Gasteiger partial charge in [-0.1, -0.05) is 5.21 Å². The second kappa shape index (κ2) is 5.63. The molecule has 0 aliphatic heterocycles. The Morgan fingerprint density at radius 3 is 2.59 bits per heavy atom. The van der Waals surface area contributed by atoms with E-state index in [1.54, 1.807) is 6.07 Å². The largest absolute Gasteiger partial charge is 0.434 e. The van der Waals surface area contributed by atoms with Gasteiger partial charge in [0.1, 0.15) is 5.69 Å². The van der Waals surface area contributed by atoms with Crippen molar-refractivity contribution in [3.63, 3.8) is 0 Å². The Balaban J connectivity index is 2.94. The molecular weight excluding hydrogens is 237 g/mol. The molecule has 0 aliphatic carbocycles. The molecule has 0 radical (unpaired) electrons. The van der Waals surface area contributed by atoms with Crippen molar-refractivity contribution in [3.8, 4) is 6.07 Å².